The van der Waals surface area contributed by atoms with Crippen LogP contribution in [0, 0.1) is 0 Å². The van der Waals surface area contributed by atoms with Gasteiger partial charge in [-0.1, -0.05) is 24.6 Å². The third kappa shape index (κ3) is 4.48. The molecule has 1 aromatic carbocycles. The van der Waals surface area contributed by atoms with Crippen molar-refractivity contribution >= 4 is 29.3 Å². The minimum atomic E-state index is -0.0620. The summed E-state index contributed by atoms with van der Waals surface area (Å²) in [5.41, 5.74) is 2.15. The van der Waals surface area contributed by atoms with Crippen LogP contribution >= 0.6 is 11.8 Å². The number of pyridine rings is 1. The van der Waals surface area contributed by atoms with Crippen molar-refractivity contribution in [2.24, 2.45) is 0 Å². The Morgan fingerprint density at radius 2 is 1.94 bits per heavy atom. The lowest BCUT2D eigenvalue weighted by atomic mass is 10.1. The maximum absolute atomic E-state index is 13.2. The highest BCUT2D eigenvalue weighted by Crippen LogP contribution is 2.44. The number of anilines is 1. The number of nitrogens with zero attached hydrogens (tertiary/aromatic N) is 3. The molecule has 2 aliphatic heterocycles. The van der Waals surface area contributed by atoms with Crippen LogP contribution in [0.2, 0.25) is 0 Å². The molecule has 0 atom stereocenters. The van der Waals surface area contributed by atoms with Crippen molar-refractivity contribution in [3.05, 3.63) is 47.7 Å². The first-order chi connectivity index (χ1) is 15.2. The lowest BCUT2D eigenvalue weighted by Crippen LogP contribution is -2.35. The van der Waals surface area contributed by atoms with E-state index in [1.165, 1.54) is 37.4 Å². The number of likely N-dealkylation sites (tertiary alicyclic amines) is 1. The zero-order chi connectivity index (χ0) is 21.2. The zero-order valence-electron chi connectivity index (χ0n) is 17.7. The Kier molecular flexibility index (Phi) is 5.96. The third-order valence-electron chi connectivity index (χ3n) is 6.23. The van der Waals surface area contributed by atoms with Crippen molar-refractivity contribution in [1.29, 1.82) is 0 Å². The Morgan fingerprint density at radius 1 is 1.13 bits per heavy atom. The van der Waals surface area contributed by atoms with Gasteiger partial charge in [-0.15, -0.1) is 0 Å². The summed E-state index contributed by atoms with van der Waals surface area (Å²) in [7, 11) is 0. The summed E-state index contributed by atoms with van der Waals surface area (Å²) in [5.74, 6) is -0.0560. The predicted molar refractivity (Wildman–Crippen MR) is 122 cm³/mol. The number of fused-ring (bicyclic) bond motifs is 2. The second-order valence-electron chi connectivity index (χ2n) is 8.56. The van der Waals surface area contributed by atoms with E-state index in [9.17, 15) is 9.59 Å². The van der Waals surface area contributed by atoms with E-state index in [4.69, 9.17) is 0 Å². The number of nitrogens with one attached hydrogen (secondary N) is 1. The molecular weight excluding hydrogens is 408 g/mol. The van der Waals surface area contributed by atoms with Gasteiger partial charge in [0.15, 0.2) is 0 Å². The van der Waals surface area contributed by atoms with Crippen LogP contribution in [0.15, 0.2) is 46.5 Å². The monoisotopic (exact) mass is 436 g/mol. The van der Waals surface area contributed by atoms with Gasteiger partial charge in [-0.25, -0.2) is 4.98 Å². The third-order valence-corrected chi connectivity index (χ3v) is 7.30. The minimum absolute atomic E-state index is 0.00602. The van der Waals surface area contributed by atoms with Crippen molar-refractivity contribution in [3.63, 3.8) is 0 Å². The summed E-state index contributed by atoms with van der Waals surface area (Å²) in [6, 6.07) is 9.57. The lowest BCUT2D eigenvalue weighted by molar-refractivity contribution is 0.0947. The molecule has 162 valence electrons. The molecule has 3 aliphatic rings. The van der Waals surface area contributed by atoms with E-state index in [2.05, 4.69) is 15.2 Å². The molecule has 1 aromatic heterocycles. The number of rotatable bonds is 5. The number of hydrogen-bond acceptors (Lipinski definition) is 5. The van der Waals surface area contributed by atoms with Crippen molar-refractivity contribution in [3.8, 4) is 0 Å². The minimum Gasteiger partial charge on any atom is -0.351 e. The lowest BCUT2D eigenvalue weighted by Gasteiger charge is -2.23. The van der Waals surface area contributed by atoms with E-state index in [1.807, 2.05) is 35.2 Å². The highest BCUT2D eigenvalue weighted by Gasteiger charge is 2.38. The van der Waals surface area contributed by atoms with Crippen LogP contribution in [-0.2, 0) is 0 Å². The molecule has 7 heteroatoms. The summed E-state index contributed by atoms with van der Waals surface area (Å²) < 4.78 is 0. The summed E-state index contributed by atoms with van der Waals surface area (Å²) in [5, 5.41) is 3.78. The largest absolute Gasteiger partial charge is 0.351 e. The van der Waals surface area contributed by atoms with Crippen molar-refractivity contribution in [2.45, 2.75) is 54.5 Å². The number of benzene rings is 1. The maximum Gasteiger partial charge on any atom is 0.261 e. The summed E-state index contributed by atoms with van der Waals surface area (Å²) >= 11 is 1.47. The van der Waals surface area contributed by atoms with Gasteiger partial charge in [-0.3, -0.25) is 9.59 Å². The van der Waals surface area contributed by atoms with Gasteiger partial charge in [-0.2, -0.15) is 0 Å². The second-order valence-corrected chi connectivity index (χ2v) is 9.59. The van der Waals surface area contributed by atoms with E-state index >= 15 is 0 Å². The number of amides is 2. The van der Waals surface area contributed by atoms with Crippen LogP contribution in [0.25, 0.3) is 0 Å². The molecule has 1 N–H and O–H groups in total. The van der Waals surface area contributed by atoms with Gasteiger partial charge in [0, 0.05) is 35.8 Å². The van der Waals surface area contributed by atoms with Gasteiger partial charge in [0.25, 0.3) is 11.8 Å². The molecule has 31 heavy (non-hydrogen) atoms. The SMILES string of the molecule is O=C(NCCN1CCCCCC1)c1ccc2c(c1)Sc1ncccc1C(=O)N2C1CC1. The second kappa shape index (κ2) is 9.01. The molecule has 6 nitrogen and oxygen atoms in total. The molecular formula is C24H28N4O2S. The standard InChI is InChI=1S/C24H28N4O2S/c29-22(25-12-15-27-13-3-1-2-4-14-27)17-7-10-20-21(16-17)31-23-19(6-5-11-26-23)24(30)28(20)18-8-9-18/h5-7,10-11,16,18H,1-4,8-9,12-15H2,(H,25,29). The quantitative estimate of drug-likeness (QED) is 0.769. The molecule has 0 spiro atoms. The Morgan fingerprint density at radius 3 is 2.71 bits per heavy atom. The van der Waals surface area contributed by atoms with Crippen LogP contribution in [0.1, 0.15) is 59.2 Å². The predicted octanol–water partition coefficient (Wildman–Crippen LogP) is 3.96. The van der Waals surface area contributed by atoms with Crippen LogP contribution in [0.5, 0.6) is 0 Å². The molecule has 0 radical (unpaired) electrons. The molecule has 5 rings (SSSR count). The molecule has 0 bridgehead atoms. The number of aromatic nitrogens is 1. The Labute approximate surface area is 187 Å². The van der Waals surface area contributed by atoms with Crippen molar-refractivity contribution in [1.82, 2.24) is 15.2 Å². The molecule has 1 saturated carbocycles. The highest BCUT2D eigenvalue weighted by atomic mass is 32.2. The fraction of sp³-hybridized carbons (Fsp3) is 0.458. The Bertz CT molecular complexity index is 983. The van der Waals surface area contributed by atoms with Gasteiger partial charge in [-0.05, 0) is 69.1 Å². The van der Waals surface area contributed by atoms with Crippen molar-refractivity contribution < 1.29 is 9.59 Å². The van der Waals surface area contributed by atoms with Gasteiger partial charge >= 0.3 is 0 Å². The molecule has 2 fully saturated rings. The molecule has 2 aromatic rings. The average molecular weight is 437 g/mol. The van der Waals surface area contributed by atoms with Gasteiger partial charge in [0.2, 0.25) is 0 Å². The zero-order valence-corrected chi connectivity index (χ0v) is 18.5. The fourth-order valence-electron chi connectivity index (χ4n) is 4.40. The normalized spacial score (nSPS) is 19.2. The van der Waals surface area contributed by atoms with Gasteiger partial charge in [0.1, 0.15) is 5.03 Å². The van der Waals surface area contributed by atoms with E-state index in [0.29, 0.717) is 22.7 Å². The Hall–Kier alpha value is -2.38. The first-order valence-corrected chi connectivity index (χ1v) is 12.1. The maximum atomic E-state index is 13.2. The number of carbonyl (C=O) groups is 2. The first-order valence-electron chi connectivity index (χ1n) is 11.3. The number of hydrogen-bond donors (Lipinski definition) is 1. The molecule has 0 unspecified atom stereocenters. The van der Waals surface area contributed by atoms with E-state index < -0.39 is 0 Å². The summed E-state index contributed by atoms with van der Waals surface area (Å²) in [4.78, 5) is 35.7. The van der Waals surface area contributed by atoms with E-state index in [1.54, 1.807) is 6.20 Å². The topological polar surface area (TPSA) is 65.5 Å². The summed E-state index contributed by atoms with van der Waals surface area (Å²) in [6.07, 6.45) is 8.88. The van der Waals surface area contributed by atoms with Gasteiger partial charge in [0.05, 0.1) is 11.3 Å². The molecule has 1 aliphatic carbocycles. The highest BCUT2D eigenvalue weighted by molar-refractivity contribution is 7.99. The van der Waals surface area contributed by atoms with Crippen LogP contribution in [0.3, 0.4) is 0 Å². The van der Waals surface area contributed by atoms with Crippen LogP contribution in [0.4, 0.5) is 5.69 Å². The van der Waals surface area contributed by atoms with Gasteiger partial charge < -0.3 is 15.1 Å². The fourth-order valence-corrected chi connectivity index (χ4v) is 5.44. The smallest absolute Gasteiger partial charge is 0.261 e. The summed E-state index contributed by atoms with van der Waals surface area (Å²) in [6.45, 7) is 3.80. The first kappa shape index (κ1) is 20.5. The van der Waals surface area contributed by atoms with Crippen LogP contribution in [-0.4, -0.2) is 53.9 Å². The Balaban J connectivity index is 1.33. The van der Waals surface area contributed by atoms with E-state index in [0.717, 1.165) is 43.1 Å². The average Bonchev–Trinajstić information content (AvgIpc) is 3.63. The number of carbonyl (C=O) groups excluding carboxylic acids is 2. The van der Waals surface area contributed by atoms with E-state index in [-0.39, 0.29) is 17.9 Å². The molecule has 3 heterocycles. The molecule has 2 amide bonds. The van der Waals surface area contributed by atoms with Crippen molar-refractivity contribution in [2.75, 3.05) is 31.1 Å². The molecule has 1 saturated heterocycles. The van der Waals surface area contributed by atoms with Crippen LogP contribution < -0.4 is 10.2 Å².